The zero-order valence-corrected chi connectivity index (χ0v) is 22.3. The van der Waals surface area contributed by atoms with Gasteiger partial charge in [-0.05, 0) is 40.8 Å². The summed E-state index contributed by atoms with van der Waals surface area (Å²) < 4.78 is 0. The lowest BCUT2D eigenvalue weighted by Crippen LogP contribution is -2.53. The molecule has 3 aliphatic carbocycles. The number of hydrogen-bond acceptors (Lipinski definition) is 3. The summed E-state index contributed by atoms with van der Waals surface area (Å²) in [6.07, 6.45) is 5.05. The fraction of sp³-hybridized carbons (Fsp3) is 0.182. The van der Waals surface area contributed by atoms with E-state index in [1.165, 1.54) is 22.5 Å². The summed E-state index contributed by atoms with van der Waals surface area (Å²) in [6, 6.07) is 26.9. The molecule has 5 aromatic rings. The van der Waals surface area contributed by atoms with Crippen LogP contribution in [0.4, 0.5) is 5.13 Å². The molecule has 1 amide bonds. The average molecular weight is 527 g/mol. The second-order valence-electron chi connectivity index (χ2n) is 10.7. The van der Waals surface area contributed by atoms with Gasteiger partial charge < -0.3 is 10.3 Å². The minimum Gasteiger partial charge on any atom is -0.367 e. The zero-order valence-electron chi connectivity index (χ0n) is 21.4. The Labute approximate surface area is 231 Å². The molecule has 3 aliphatic rings. The standard InChI is InChI=1S/C33H26N4OS/c1-32(20-33(34-2)27-9-5-3-7-25(27)29(32)26-8-4-6-10-28(26)33)30(38)37-31-36-24(19-39-31)17-21-11-13-22(14-12-21)23-15-16-35-18-23/h3-16,18-19,29,35H,17,20H2,1H3,(H,36,37,38). The number of hydrogen-bond donors (Lipinski definition) is 2. The Balaban J connectivity index is 1.15. The lowest BCUT2D eigenvalue weighted by Gasteiger charge is -2.51. The maximum atomic E-state index is 14.0. The first-order chi connectivity index (χ1) is 19.0. The van der Waals surface area contributed by atoms with Crippen molar-refractivity contribution in [3.63, 3.8) is 0 Å². The van der Waals surface area contributed by atoms with E-state index in [1.54, 1.807) is 0 Å². The molecule has 0 fully saturated rings. The lowest BCUT2D eigenvalue weighted by atomic mass is 9.49. The number of carbonyl (C=O) groups excluding carboxylic acids is 1. The first-order valence-electron chi connectivity index (χ1n) is 13.1. The van der Waals surface area contributed by atoms with E-state index in [4.69, 9.17) is 11.6 Å². The summed E-state index contributed by atoms with van der Waals surface area (Å²) in [5, 5.41) is 5.74. The van der Waals surface area contributed by atoms with Crippen molar-refractivity contribution in [3.8, 4) is 11.1 Å². The molecule has 0 saturated heterocycles. The molecule has 3 aromatic carbocycles. The summed E-state index contributed by atoms with van der Waals surface area (Å²) in [5.41, 5.74) is 7.01. The third-order valence-electron chi connectivity index (χ3n) is 8.45. The molecule has 5 nitrogen and oxygen atoms in total. The SMILES string of the molecule is [C-]#[N+]C12CC(C)(C(=O)Nc3nc(Cc4ccc(-c5cc[nH]c5)cc4)cs3)C(c3ccccc31)c1ccccc12. The third kappa shape index (κ3) is 3.58. The quantitative estimate of drug-likeness (QED) is 0.235. The minimum atomic E-state index is -0.866. The highest BCUT2D eigenvalue weighted by molar-refractivity contribution is 7.13. The number of rotatable bonds is 5. The van der Waals surface area contributed by atoms with Crippen molar-refractivity contribution in [2.45, 2.75) is 31.2 Å². The summed E-state index contributed by atoms with van der Waals surface area (Å²) in [4.78, 5) is 26.1. The van der Waals surface area contributed by atoms with E-state index >= 15 is 0 Å². The predicted octanol–water partition coefficient (Wildman–Crippen LogP) is 7.39. The Morgan fingerprint density at radius 3 is 2.36 bits per heavy atom. The molecule has 1 unspecified atom stereocenters. The van der Waals surface area contributed by atoms with Crippen LogP contribution in [-0.4, -0.2) is 15.9 Å². The molecule has 0 saturated carbocycles. The van der Waals surface area contributed by atoms with E-state index in [2.05, 4.69) is 69.7 Å². The van der Waals surface area contributed by atoms with Crippen LogP contribution in [0.15, 0.2) is 96.6 Å². The predicted molar refractivity (Wildman–Crippen MR) is 155 cm³/mol. The molecule has 0 spiro atoms. The van der Waals surface area contributed by atoms with E-state index < -0.39 is 11.0 Å². The van der Waals surface area contributed by atoms with Gasteiger partial charge in [-0.25, -0.2) is 11.6 Å². The van der Waals surface area contributed by atoms with Gasteiger partial charge in [-0.15, -0.1) is 11.3 Å². The molecular weight excluding hydrogens is 500 g/mol. The molecule has 1 atom stereocenters. The van der Waals surface area contributed by atoms with Gasteiger partial charge in [0.15, 0.2) is 5.13 Å². The maximum absolute atomic E-state index is 14.0. The average Bonchev–Trinajstić information content (AvgIpc) is 3.66. The molecule has 2 heterocycles. The summed E-state index contributed by atoms with van der Waals surface area (Å²) >= 11 is 1.45. The number of fused-ring (bicyclic) bond motifs is 1. The number of thiazole rings is 1. The van der Waals surface area contributed by atoms with Crippen LogP contribution >= 0.6 is 11.3 Å². The summed E-state index contributed by atoms with van der Waals surface area (Å²) in [6.45, 7) is 10.3. The Kier molecular flexibility index (Phi) is 5.33. The first kappa shape index (κ1) is 23.6. The monoisotopic (exact) mass is 526 g/mol. The highest BCUT2D eigenvalue weighted by Gasteiger charge is 2.64. The number of benzene rings is 3. The number of H-pyrrole nitrogens is 1. The second kappa shape index (κ2) is 8.79. The van der Waals surface area contributed by atoms with Gasteiger partial charge in [0.25, 0.3) is 5.54 Å². The highest BCUT2D eigenvalue weighted by Crippen LogP contribution is 2.64. The topological polar surface area (TPSA) is 62.1 Å². The number of nitrogens with zero attached hydrogens (tertiary/aromatic N) is 2. The van der Waals surface area contributed by atoms with Gasteiger partial charge in [0.1, 0.15) is 0 Å². The van der Waals surface area contributed by atoms with Crippen LogP contribution < -0.4 is 5.32 Å². The fourth-order valence-corrected chi connectivity index (χ4v) is 7.36. The Morgan fingerprint density at radius 2 is 1.72 bits per heavy atom. The van der Waals surface area contributed by atoms with Crippen molar-refractivity contribution in [1.29, 1.82) is 0 Å². The number of amides is 1. The van der Waals surface area contributed by atoms with E-state index in [0.29, 0.717) is 18.0 Å². The third-order valence-corrected chi connectivity index (χ3v) is 9.25. The second-order valence-corrected chi connectivity index (χ2v) is 11.6. The van der Waals surface area contributed by atoms with Crippen LogP contribution in [0.1, 0.15) is 52.8 Å². The van der Waals surface area contributed by atoms with Gasteiger partial charge in [0, 0.05) is 47.7 Å². The molecule has 2 N–H and O–H groups in total. The van der Waals surface area contributed by atoms with Crippen LogP contribution in [0.5, 0.6) is 0 Å². The van der Waals surface area contributed by atoms with Gasteiger partial charge >= 0.3 is 0 Å². The van der Waals surface area contributed by atoms with Crippen molar-refractivity contribution in [2.24, 2.45) is 5.41 Å². The highest BCUT2D eigenvalue weighted by atomic mass is 32.1. The Hall–Kier alpha value is -4.47. The van der Waals surface area contributed by atoms with E-state index in [1.807, 2.05) is 49.0 Å². The van der Waals surface area contributed by atoms with Crippen molar-refractivity contribution >= 4 is 22.4 Å². The zero-order chi connectivity index (χ0) is 26.6. The van der Waals surface area contributed by atoms with Crippen molar-refractivity contribution in [2.75, 3.05) is 5.32 Å². The largest absolute Gasteiger partial charge is 0.367 e. The summed E-state index contributed by atoms with van der Waals surface area (Å²) in [7, 11) is 0. The molecule has 6 heteroatoms. The van der Waals surface area contributed by atoms with E-state index in [0.717, 1.165) is 33.5 Å². The molecular formula is C33H26N4OS. The number of anilines is 1. The smallest absolute Gasteiger partial charge is 0.284 e. The maximum Gasteiger partial charge on any atom is 0.284 e. The van der Waals surface area contributed by atoms with Gasteiger partial charge in [0.05, 0.1) is 11.1 Å². The van der Waals surface area contributed by atoms with Gasteiger partial charge in [-0.1, -0.05) is 72.8 Å². The van der Waals surface area contributed by atoms with Crippen molar-refractivity contribution in [1.82, 2.24) is 9.97 Å². The first-order valence-corrected chi connectivity index (χ1v) is 14.0. The molecule has 190 valence electrons. The fourth-order valence-electron chi connectivity index (χ4n) is 6.66. The number of carbonyl (C=O) groups is 1. The number of nitrogens with one attached hydrogen (secondary N) is 2. The molecule has 2 aromatic heterocycles. The van der Waals surface area contributed by atoms with Gasteiger partial charge in [-0.3, -0.25) is 9.64 Å². The summed E-state index contributed by atoms with van der Waals surface area (Å²) in [5.74, 6) is -0.201. The molecule has 0 radical (unpaired) electrons. The van der Waals surface area contributed by atoms with Crippen molar-refractivity contribution in [3.05, 3.63) is 142 Å². The lowest BCUT2D eigenvalue weighted by molar-refractivity contribution is -0.127. The molecule has 0 aliphatic heterocycles. The number of aromatic amines is 1. The van der Waals surface area contributed by atoms with Crippen LogP contribution in [-0.2, 0) is 16.8 Å². The van der Waals surface area contributed by atoms with E-state index in [9.17, 15) is 4.79 Å². The van der Waals surface area contributed by atoms with Gasteiger partial charge in [-0.2, -0.15) is 0 Å². The van der Waals surface area contributed by atoms with Crippen LogP contribution in [0, 0.1) is 12.0 Å². The Bertz CT molecular complexity index is 1700. The number of aromatic nitrogens is 2. The Morgan fingerprint density at radius 1 is 1.03 bits per heavy atom. The normalized spacial score (nSPS) is 22.5. The molecule has 8 rings (SSSR count). The van der Waals surface area contributed by atoms with Crippen LogP contribution in [0.25, 0.3) is 16.0 Å². The van der Waals surface area contributed by atoms with E-state index in [-0.39, 0.29) is 11.8 Å². The molecule has 2 bridgehead atoms. The molecule has 39 heavy (non-hydrogen) atoms. The van der Waals surface area contributed by atoms with Crippen LogP contribution in [0.3, 0.4) is 0 Å². The van der Waals surface area contributed by atoms with Gasteiger partial charge in [0.2, 0.25) is 5.91 Å². The van der Waals surface area contributed by atoms with Crippen molar-refractivity contribution < 1.29 is 4.79 Å². The van der Waals surface area contributed by atoms with Crippen LogP contribution in [0.2, 0.25) is 0 Å². The minimum absolute atomic E-state index is 0.0821.